The highest BCUT2D eigenvalue weighted by atomic mass is 16.5. The molecular formula is C26H28N2O5. The van der Waals surface area contributed by atoms with E-state index < -0.39 is 29.8 Å². The van der Waals surface area contributed by atoms with Gasteiger partial charge < -0.3 is 19.9 Å². The Balaban J connectivity index is 1.64. The first-order chi connectivity index (χ1) is 15.7. The zero-order valence-electron chi connectivity index (χ0n) is 19.4. The predicted octanol–water partition coefficient (Wildman–Crippen LogP) is 4.50. The van der Waals surface area contributed by atoms with Crippen molar-refractivity contribution in [1.29, 1.82) is 0 Å². The summed E-state index contributed by atoms with van der Waals surface area (Å²) in [7, 11) is 1.37. The fourth-order valence-corrected chi connectivity index (χ4v) is 3.43. The van der Waals surface area contributed by atoms with Gasteiger partial charge in [0, 0.05) is 12.3 Å². The summed E-state index contributed by atoms with van der Waals surface area (Å²) in [5.41, 5.74) is 5.31. The topological polar surface area (TPSA) is 97.8 Å². The summed E-state index contributed by atoms with van der Waals surface area (Å²) in [5.74, 6) is -1.59. The molecule has 0 aliphatic carbocycles. The first kappa shape index (κ1) is 23.8. The molecule has 0 fully saturated rings. The molecule has 0 aliphatic rings. The number of nitrogens with zero attached hydrogens (tertiary/aromatic N) is 1. The molecular weight excluding hydrogens is 420 g/mol. The molecule has 1 aromatic heterocycles. The molecule has 0 saturated heterocycles. The van der Waals surface area contributed by atoms with E-state index in [1.54, 1.807) is 6.92 Å². The van der Waals surface area contributed by atoms with E-state index in [-0.39, 0.29) is 11.4 Å². The molecule has 172 valence electrons. The minimum atomic E-state index is -0.943. The quantitative estimate of drug-likeness (QED) is 0.517. The van der Waals surface area contributed by atoms with Crippen LogP contribution in [0.2, 0.25) is 0 Å². The van der Waals surface area contributed by atoms with Crippen LogP contribution in [0.1, 0.15) is 47.1 Å². The molecule has 7 nitrogen and oxygen atoms in total. The number of amides is 1. The third-order valence-electron chi connectivity index (χ3n) is 5.61. The second-order valence-electron chi connectivity index (χ2n) is 7.85. The number of hydrogen-bond donors (Lipinski definition) is 2. The van der Waals surface area contributed by atoms with E-state index in [4.69, 9.17) is 9.47 Å². The van der Waals surface area contributed by atoms with E-state index >= 15 is 0 Å². The zero-order chi connectivity index (χ0) is 24.1. The molecule has 2 atom stereocenters. The molecule has 0 radical (unpaired) electrons. The summed E-state index contributed by atoms with van der Waals surface area (Å²) in [6.07, 6.45) is 0.827. The summed E-state index contributed by atoms with van der Waals surface area (Å²) >= 11 is 0. The molecule has 3 aromatic rings. The molecule has 0 saturated carbocycles. The van der Waals surface area contributed by atoms with Crippen molar-refractivity contribution in [2.75, 3.05) is 7.11 Å². The predicted molar refractivity (Wildman–Crippen MR) is 125 cm³/mol. The summed E-state index contributed by atoms with van der Waals surface area (Å²) in [4.78, 5) is 28.8. The molecule has 1 amide bonds. The second kappa shape index (κ2) is 10.2. The van der Waals surface area contributed by atoms with E-state index in [9.17, 15) is 14.7 Å². The Kier molecular flexibility index (Phi) is 7.33. The van der Waals surface area contributed by atoms with Crippen LogP contribution >= 0.6 is 0 Å². The van der Waals surface area contributed by atoms with Gasteiger partial charge in [-0.25, -0.2) is 9.78 Å². The van der Waals surface area contributed by atoms with E-state index in [2.05, 4.69) is 36.3 Å². The second-order valence-corrected chi connectivity index (χ2v) is 7.85. The number of esters is 1. The van der Waals surface area contributed by atoms with Crippen LogP contribution < -0.4 is 10.1 Å². The Morgan fingerprint density at radius 1 is 1.03 bits per heavy atom. The first-order valence-electron chi connectivity index (χ1n) is 10.6. The van der Waals surface area contributed by atoms with Gasteiger partial charge in [-0.1, -0.05) is 42.5 Å². The van der Waals surface area contributed by atoms with Crippen molar-refractivity contribution in [2.24, 2.45) is 0 Å². The van der Waals surface area contributed by atoms with Gasteiger partial charge in [0.2, 0.25) is 0 Å². The van der Waals surface area contributed by atoms with Crippen LogP contribution in [0, 0.1) is 13.8 Å². The van der Waals surface area contributed by atoms with Crippen LogP contribution in [0.4, 0.5) is 0 Å². The monoisotopic (exact) mass is 448 g/mol. The number of nitrogens with one attached hydrogen (secondary N) is 1. The van der Waals surface area contributed by atoms with Crippen molar-refractivity contribution in [3.8, 4) is 22.6 Å². The molecule has 0 spiro atoms. The smallest absolute Gasteiger partial charge is 0.328 e. The van der Waals surface area contributed by atoms with Crippen LogP contribution in [-0.4, -0.2) is 35.1 Å². The first-order valence-corrected chi connectivity index (χ1v) is 10.6. The molecule has 33 heavy (non-hydrogen) atoms. The van der Waals surface area contributed by atoms with Gasteiger partial charge in [0.05, 0.1) is 7.11 Å². The molecule has 7 heteroatoms. The van der Waals surface area contributed by atoms with Gasteiger partial charge in [-0.3, -0.25) is 4.79 Å². The van der Waals surface area contributed by atoms with Crippen LogP contribution in [0.3, 0.4) is 0 Å². The maximum Gasteiger partial charge on any atom is 0.328 e. The molecule has 2 aromatic carbocycles. The number of rotatable bonds is 7. The lowest BCUT2D eigenvalue weighted by molar-refractivity contribution is -0.150. The van der Waals surface area contributed by atoms with Crippen molar-refractivity contribution < 1.29 is 24.2 Å². The third kappa shape index (κ3) is 5.31. The SMILES string of the molecule is COc1ccnc(C(=O)N[C@@H](C)C(=O)O[C@@H](C)c2ccc(-c3cccc(C)c3C)cc2)c1O. The number of benzene rings is 2. The van der Waals surface area contributed by atoms with Crippen molar-refractivity contribution in [3.05, 3.63) is 77.1 Å². The van der Waals surface area contributed by atoms with Gasteiger partial charge in [0.25, 0.3) is 5.91 Å². The fraction of sp³-hybridized carbons (Fsp3) is 0.269. The van der Waals surface area contributed by atoms with Gasteiger partial charge in [0.15, 0.2) is 17.2 Å². The Bertz CT molecular complexity index is 1160. The number of hydrogen-bond acceptors (Lipinski definition) is 6. The lowest BCUT2D eigenvalue weighted by Gasteiger charge is -2.19. The standard InChI is InChI=1S/C26H28N2O5/c1-15-7-6-8-21(16(15)2)20-11-9-19(10-12-20)18(4)33-26(31)17(3)28-25(30)23-24(29)22(32-5)13-14-27-23/h6-14,17-18,29H,1-5H3,(H,28,30)/t17-,18-/m0/s1. The molecule has 3 rings (SSSR count). The summed E-state index contributed by atoms with van der Waals surface area (Å²) < 4.78 is 10.5. The summed E-state index contributed by atoms with van der Waals surface area (Å²) in [5, 5.41) is 12.6. The highest BCUT2D eigenvalue weighted by Crippen LogP contribution is 2.29. The molecule has 0 unspecified atom stereocenters. The maximum atomic E-state index is 12.5. The average Bonchev–Trinajstić information content (AvgIpc) is 2.81. The van der Waals surface area contributed by atoms with Crippen LogP contribution in [-0.2, 0) is 9.53 Å². The lowest BCUT2D eigenvalue weighted by Crippen LogP contribution is -2.40. The highest BCUT2D eigenvalue weighted by molar-refractivity contribution is 5.97. The van der Waals surface area contributed by atoms with Crippen molar-refractivity contribution in [1.82, 2.24) is 10.3 Å². The molecule has 0 aliphatic heterocycles. The average molecular weight is 449 g/mol. The molecule has 2 N–H and O–H groups in total. The fourth-order valence-electron chi connectivity index (χ4n) is 3.43. The number of ether oxygens (including phenoxy) is 2. The van der Waals surface area contributed by atoms with Crippen LogP contribution in [0.25, 0.3) is 11.1 Å². The van der Waals surface area contributed by atoms with Gasteiger partial charge in [-0.15, -0.1) is 0 Å². The molecule has 0 bridgehead atoms. The van der Waals surface area contributed by atoms with Crippen LogP contribution in [0.15, 0.2) is 54.7 Å². The maximum absolute atomic E-state index is 12.5. The largest absolute Gasteiger partial charge is 0.503 e. The van der Waals surface area contributed by atoms with Crippen molar-refractivity contribution in [3.63, 3.8) is 0 Å². The number of aromatic hydroxyl groups is 1. The van der Waals surface area contributed by atoms with Crippen molar-refractivity contribution >= 4 is 11.9 Å². The Labute approximate surface area is 193 Å². The molecule has 1 heterocycles. The van der Waals surface area contributed by atoms with Gasteiger partial charge in [-0.2, -0.15) is 0 Å². The lowest BCUT2D eigenvalue weighted by atomic mass is 9.96. The van der Waals surface area contributed by atoms with Crippen molar-refractivity contribution in [2.45, 2.75) is 39.8 Å². The zero-order valence-corrected chi connectivity index (χ0v) is 19.4. The Morgan fingerprint density at radius 2 is 1.73 bits per heavy atom. The van der Waals surface area contributed by atoms with E-state index in [0.717, 1.165) is 16.7 Å². The number of pyridine rings is 1. The minimum Gasteiger partial charge on any atom is -0.503 e. The number of methoxy groups -OCH3 is 1. The number of aromatic nitrogens is 1. The van der Waals surface area contributed by atoms with Gasteiger partial charge >= 0.3 is 5.97 Å². The van der Waals surface area contributed by atoms with Gasteiger partial charge in [-0.05, 0) is 55.5 Å². The van der Waals surface area contributed by atoms with Gasteiger partial charge in [0.1, 0.15) is 12.1 Å². The third-order valence-corrected chi connectivity index (χ3v) is 5.61. The van der Waals surface area contributed by atoms with E-state index in [1.165, 1.54) is 37.4 Å². The minimum absolute atomic E-state index is 0.114. The van der Waals surface area contributed by atoms with E-state index in [1.807, 2.05) is 30.3 Å². The Morgan fingerprint density at radius 3 is 2.39 bits per heavy atom. The van der Waals surface area contributed by atoms with E-state index in [0.29, 0.717) is 0 Å². The number of carbonyl (C=O) groups excluding carboxylic acids is 2. The number of carbonyl (C=O) groups is 2. The summed E-state index contributed by atoms with van der Waals surface area (Å²) in [6.45, 7) is 7.46. The normalized spacial score (nSPS) is 12.5. The summed E-state index contributed by atoms with van der Waals surface area (Å²) in [6, 6.07) is 14.5. The highest BCUT2D eigenvalue weighted by Gasteiger charge is 2.24. The number of aryl methyl sites for hydroxylation is 1. The van der Waals surface area contributed by atoms with Crippen LogP contribution in [0.5, 0.6) is 11.5 Å². The Hall–Kier alpha value is -3.87.